The molecule has 1 aromatic carbocycles. The maximum absolute atomic E-state index is 12.1. The number of nitrogens with one attached hydrogen (secondary N) is 2. The van der Waals surface area contributed by atoms with Gasteiger partial charge in [-0.3, -0.25) is 4.79 Å². The molecule has 0 aliphatic carbocycles. The Morgan fingerprint density at radius 2 is 2.25 bits per heavy atom. The van der Waals surface area contributed by atoms with Crippen LogP contribution in [0.2, 0.25) is 0 Å². The lowest BCUT2D eigenvalue weighted by molar-refractivity contribution is -0.120. The third-order valence-electron chi connectivity index (χ3n) is 3.44. The Labute approximate surface area is 127 Å². The van der Waals surface area contributed by atoms with E-state index in [-0.39, 0.29) is 5.91 Å². The van der Waals surface area contributed by atoms with E-state index >= 15 is 0 Å². The summed E-state index contributed by atoms with van der Waals surface area (Å²) in [7, 11) is 0. The second kappa shape index (κ2) is 6.59. The third kappa shape index (κ3) is 3.33. The van der Waals surface area contributed by atoms with Crippen LogP contribution in [0.25, 0.3) is 10.9 Å². The number of carbonyl (C=O) groups is 1. The number of amides is 1. The minimum atomic E-state index is 0.117. The first kappa shape index (κ1) is 13.9. The summed E-state index contributed by atoms with van der Waals surface area (Å²) in [5, 5.41) is 4.78. The summed E-state index contributed by atoms with van der Waals surface area (Å²) >= 11 is 3.96. The van der Waals surface area contributed by atoms with Gasteiger partial charge in [0.05, 0.1) is 6.42 Å². The number of benzene rings is 1. The summed E-state index contributed by atoms with van der Waals surface area (Å²) in [6, 6.07) is 8.10. The van der Waals surface area contributed by atoms with E-state index in [1.165, 1.54) is 11.5 Å². The fraction of sp³-hybridized carbons (Fsp3) is 0.400. The van der Waals surface area contributed by atoms with Gasteiger partial charge in [-0.25, -0.2) is 0 Å². The number of hydrogen-bond donors (Lipinski definition) is 2. The summed E-state index contributed by atoms with van der Waals surface area (Å²) in [5.74, 6) is 3.71. The van der Waals surface area contributed by atoms with Gasteiger partial charge in [-0.05, 0) is 11.6 Å². The third-order valence-corrected chi connectivity index (χ3v) is 6.28. The Bertz CT molecular complexity index is 590. The van der Waals surface area contributed by atoms with E-state index in [0.29, 0.717) is 11.7 Å². The highest BCUT2D eigenvalue weighted by atomic mass is 32.2. The smallest absolute Gasteiger partial charge is 0.224 e. The summed E-state index contributed by atoms with van der Waals surface area (Å²) < 4.78 is 0. The van der Waals surface area contributed by atoms with Gasteiger partial charge in [0.1, 0.15) is 0 Å². The van der Waals surface area contributed by atoms with Gasteiger partial charge < -0.3 is 10.3 Å². The molecule has 1 aliphatic heterocycles. The second-order valence-electron chi connectivity index (χ2n) is 4.91. The molecule has 5 heteroatoms. The molecule has 1 unspecified atom stereocenters. The molecule has 106 valence electrons. The maximum atomic E-state index is 12.1. The van der Waals surface area contributed by atoms with Crippen LogP contribution in [-0.4, -0.2) is 39.9 Å². The predicted octanol–water partition coefficient (Wildman–Crippen LogP) is 2.68. The van der Waals surface area contributed by atoms with Crippen molar-refractivity contribution >= 4 is 40.3 Å². The average molecular weight is 306 g/mol. The monoisotopic (exact) mass is 306 g/mol. The van der Waals surface area contributed by atoms with E-state index < -0.39 is 0 Å². The number of fused-ring (bicyclic) bond motifs is 1. The number of aromatic amines is 1. The topological polar surface area (TPSA) is 44.9 Å². The standard InChI is InChI=1S/C15H18N2OS2/c18-15(17-9-12-10-19-5-6-20-12)7-11-8-16-14-4-2-1-3-13(11)14/h1-4,8,12,16H,5-7,9-10H2,(H,17,18). The quantitative estimate of drug-likeness (QED) is 0.913. The highest BCUT2D eigenvalue weighted by Gasteiger charge is 2.15. The van der Waals surface area contributed by atoms with Crippen molar-refractivity contribution in [2.75, 3.05) is 23.8 Å². The summed E-state index contributed by atoms with van der Waals surface area (Å²) in [4.78, 5) is 15.3. The van der Waals surface area contributed by atoms with Gasteiger partial charge in [0.2, 0.25) is 5.91 Å². The van der Waals surface area contributed by atoms with Gasteiger partial charge in [-0.2, -0.15) is 23.5 Å². The highest BCUT2D eigenvalue weighted by molar-refractivity contribution is 8.06. The van der Waals surface area contributed by atoms with Crippen LogP contribution in [0.15, 0.2) is 30.5 Å². The van der Waals surface area contributed by atoms with Crippen molar-refractivity contribution in [3.8, 4) is 0 Å². The van der Waals surface area contributed by atoms with Crippen molar-refractivity contribution in [1.29, 1.82) is 0 Å². The van der Waals surface area contributed by atoms with E-state index in [4.69, 9.17) is 0 Å². The molecule has 2 aromatic rings. The zero-order chi connectivity index (χ0) is 13.8. The molecule has 1 saturated heterocycles. The molecule has 0 saturated carbocycles. The predicted molar refractivity (Wildman–Crippen MR) is 88.6 cm³/mol. The zero-order valence-corrected chi connectivity index (χ0v) is 12.9. The number of hydrogen-bond acceptors (Lipinski definition) is 3. The number of carbonyl (C=O) groups excluding carboxylic acids is 1. The van der Waals surface area contributed by atoms with E-state index in [0.717, 1.165) is 28.8 Å². The van der Waals surface area contributed by atoms with Crippen molar-refractivity contribution < 1.29 is 4.79 Å². The summed E-state index contributed by atoms with van der Waals surface area (Å²) in [6.07, 6.45) is 2.39. The molecular formula is C15H18N2OS2. The molecular weight excluding hydrogens is 288 g/mol. The fourth-order valence-corrected chi connectivity index (χ4v) is 5.01. The molecule has 2 N–H and O–H groups in total. The lowest BCUT2D eigenvalue weighted by atomic mass is 10.1. The molecule has 1 amide bonds. The Morgan fingerprint density at radius 1 is 1.35 bits per heavy atom. The van der Waals surface area contributed by atoms with Crippen LogP contribution >= 0.6 is 23.5 Å². The van der Waals surface area contributed by atoms with Crippen LogP contribution in [0.4, 0.5) is 0 Å². The second-order valence-corrected chi connectivity index (χ2v) is 7.47. The molecule has 20 heavy (non-hydrogen) atoms. The lowest BCUT2D eigenvalue weighted by Crippen LogP contribution is -2.34. The number of aromatic nitrogens is 1. The number of thioether (sulfide) groups is 2. The fourth-order valence-electron chi connectivity index (χ4n) is 2.40. The molecule has 1 atom stereocenters. The largest absolute Gasteiger partial charge is 0.361 e. The van der Waals surface area contributed by atoms with Crippen LogP contribution in [-0.2, 0) is 11.2 Å². The molecule has 2 heterocycles. The highest BCUT2D eigenvalue weighted by Crippen LogP contribution is 2.23. The normalized spacial score (nSPS) is 19.1. The van der Waals surface area contributed by atoms with E-state index in [1.54, 1.807) is 0 Å². The van der Waals surface area contributed by atoms with Gasteiger partial charge >= 0.3 is 0 Å². The summed E-state index contributed by atoms with van der Waals surface area (Å²) in [6.45, 7) is 0.791. The Balaban J connectivity index is 1.55. The molecule has 1 aliphatic rings. The van der Waals surface area contributed by atoms with Crippen molar-refractivity contribution in [3.05, 3.63) is 36.0 Å². The molecule has 0 spiro atoms. The molecule has 3 rings (SSSR count). The van der Waals surface area contributed by atoms with Crippen LogP contribution in [0.1, 0.15) is 5.56 Å². The molecule has 1 aromatic heterocycles. The van der Waals surface area contributed by atoms with Crippen molar-refractivity contribution in [1.82, 2.24) is 10.3 Å². The minimum Gasteiger partial charge on any atom is -0.361 e. The molecule has 3 nitrogen and oxygen atoms in total. The van der Waals surface area contributed by atoms with Crippen LogP contribution in [0.3, 0.4) is 0 Å². The summed E-state index contributed by atoms with van der Waals surface area (Å²) in [5.41, 5.74) is 2.17. The van der Waals surface area contributed by atoms with E-state index in [2.05, 4.69) is 16.4 Å². The van der Waals surface area contributed by atoms with Gasteiger partial charge in [-0.15, -0.1) is 0 Å². The maximum Gasteiger partial charge on any atom is 0.224 e. The number of rotatable bonds is 4. The minimum absolute atomic E-state index is 0.117. The van der Waals surface area contributed by atoms with Gasteiger partial charge in [0.15, 0.2) is 0 Å². The van der Waals surface area contributed by atoms with E-state index in [1.807, 2.05) is 47.9 Å². The first-order valence-corrected chi connectivity index (χ1v) is 9.04. The van der Waals surface area contributed by atoms with Crippen LogP contribution < -0.4 is 5.32 Å². The van der Waals surface area contributed by atoms with Crippen molar-refractivity contribution in [2.24, 2.45) is 0 Å². The molecule has 0 bridgehead atoms. The van der Waals surface area contributed by atoms with Crippen LogP contribution in [0, 0.1) is 0 Å². The lowest BCUT2D eigenvalue weighted by Gasteiger charge is -2.21. The van der Waals surface area contributed by atoms with E-state index in [9.17, 15) is 4.79 Å². The Morgan fingerprint density at radius 3 is 3.10 bits per heavy atom. The molecule has 1 fully saturated rings. The first-order valence-electron chi connectivity index (χ1n) is 6.84. The van der Waals surface area contributed by atoms with Crippen molar-refractivity contribution in [2.45, 2.75) is 11.7 Å². The zero-order valence-electron chi connectivity index (χ0n) is 11.2. The number of para-hydroxylation sites is 1. The Hall–Kier alpha value is -1.07. The molecule has 0 radical (unpaired) electrons. The first-order chi connectivity index (χ1) is 9.83. The Kier molecular flexibility index (Phi) is 4.58. The number of H-pyrrole nitrogens is 1. The van der Waals surface area contributed by atoms with Gasteiger partial charge in [0.25, 0.3) is 0 Å². The van der Waals surface area contributed by atoms with Gasteiger partial charge in [0, 0.05) is 46.2 Å². The van der Waals surface area contributed by atoms with Crippen LogP contribution in [0.5, 0.6) is 0 Å². The van der Waals surface area contributed by atoms with Crippen molar-refractivity contribution in [3.63, 3.8) is 0 Å². The van der Waals surface area contributed by atoms with Gasteiger partial charge in [-0.1, -0.05) is 18.2 Å². The SMILES string of the molecule is O=C(Cc1c[nH]c2ccccc12)NCC1CSCCS1. The average Bonchev–Trinajstić information content (AvgIpc) is 2.90.